The van der Waals surface area contributed by atoms with Crippen molar-refractivity contribution < 1.29 is 0 Å². The summed E-state index contributed by atoms with van der Waals surface area (Å²) >= 11 is 0. The minimum atomic E-state index is 0.846. The van der Waals surface area contributed by atoms with E-state index < -0.39 is 0 Å². The van der Waals surface area contributed by atoms with Crippen LogP contribution in [0.1, 0.15) is 24.8 Å². The van der Waals surface area contributed by atoms with Crippen molar-refractivity contribution in [1.82, 2.24) is 5.32 Å². The first-order chi connectivity index (χ1) is 7.45. The molecule has 1 N–H and O–H groups in total. The fraction of sp³-hybridized carbons (Fsp3) is 0.429. The number of nitrogens with one attached hydrogen (secondary N) is 1. The Hall–Kier alpha value is -1.08. The van der Waals surface area contributed by atoms with Crippen LogP contribution in [0, 0.1) is 5.92 Å². The number of rotatable bonds is 3. The van der Waals surface area contributed by atoms with Crippen LogP contribution in [0.2, 0.25) is 0 Å². The van der Waals surface area contributed by atoms with Crippen molar-refractivity contribution in [3.63, 3.8) is 0 Å². The van der Waals surface area contributed by atoms with E-state index in [4.69, 9.17) is 0 Å². The molecule has 1 aliphatic rings. The molecule has 1 aliphatic heterocycles. The number of allylic oxidation sites excluding steroid dienone is 1. The monoisotopic (exact) mass is 201 g/mol. The molecule has 0 bridgehead atoms. The van der Waals surface area contributed by atoms with Crippen LogP contribution in [0.25, 0.3) is 6.08 Å². The van der Waals surface area contributed by atoms with Gasteiger partial charge in [0.15, 0.2) is 0 Å². The molecule has 1 nitrogen and oxygen atoms in total. The summed E-state index contributed by atoms with van der Waals surface area (Å²) in [5, 5.41) is 3.45. The molecule has 0 saturated carbocycles. The van der Waals surface area contributed by atoms with E-state index >= 15 is 0 Å². The van der Waals surface area contributed by atoms with E-state index in [-0.39, 0.29) is 0 Å². The average molecular weight is 201 g/mol. The molecule has 2 rings (SSSR count). The zero-order chi connectivity index (χ0) is 10.3. The average Bonchev–Trinajstić information content (AvgIpc) is 2.32. The third-order valence-electron chi connectivity index (χ3n) is 2.98. The summed E-state index contributed by atoms with van der Waals surface area (Å²) in [4.78, 5) is 0. The van der Waals surface area contributed by atoms with Crippen LogP contribution in [0.3, 0.4) is 0 Å². The van der Waals surface area contributed by atoms with E-state index in [9.17, 15) is 0 Å². The SMILES string of the molecule is C(=C\c1ccccc1)/CC1CCCNC1. The van der Waals surface area contributed by atoms with Crippen LogP contribution >= 0.6 is 0 Å². The van der Waals surface area contributed by atoms with Gasteiger partial charge in [-0.3, -0.25) is 0 Å². The van der Waals surface area contributed by atoms with Crippen molar-refractivity contribution in [1.29, 1.82) is 0 Å². The fourth-order valence-corrected chi connectivity index (χ4v) is 2.09. The Bertz CT molecular complexity index is 296. The molecular formula is C14H19N. The lowest BCUT2D eigenvalue weighted by Gasteiger charge is -2.21. The highest BCUT2D eigenvalue weighted by molar-refractivity contribution is 5.48. The van der Waals surface area contributed by atoms with Crippen LogP contribution in [-0.2, 0) is 0 Å². The van der Waals surface area contributed by atoms with E-state index in [2.05, 4.69) is 47.8 Å². The molecule has 0 radical (unpaired) electrons. The van der Waals surface area contributed by atoms with Crippen LogP contribution in [0.4, 0.5) is 0 Å². The molecule has 0 aromatic heterocycles. The Morgan fingerprint density at radius 3 is 2.87 bits per heavy atom. The third kappa shape index (κ3) is 3.52. The van der Waals surface area contributed by atoms with Gasteiger partial charge in [-0.05, 0) is 43.8 Å². The van der Waals surface area contributed by atoms with Crippen molar-refractivity contribution >= 4 is 6.08 Å². The lowest BCUT2D eigenvalue weighted by molar-refractivity contribution is 0.381. The predicted molar refractivity (Wildman–Crippen MR) is 65.7 cm³/mol. The van der Waals surface area contributed by atoms with Crippen molar-refractivity contribution in [2.75, 3.05) is 13.1 Å². The predicted octanol–water partition coefficient (Wildman–Crippen LogP) is 3.09. The molecule has 1 atom stereocenters. The molecule has 0 aliphatic carbocycles. The zero-order valence-corrected chi connectivity index (χ0v) is 9.15. The minimum Gasteiger partial charge on any atom is -0.316 e. The van der Waals surface area contributed by atoms with Crippen molar-refractivity contribution in [2.45, 2.75) is 19.3 Å². The summed E-state index contributed by atoms with van der Waals surface area (Å²) in [6.07, 6.45) is 8.47. The Balaban J connectivity index is 1.79. The molecule has 1 saturated heterocycles. The molecule has 0 spiro atoms. The Labute approximate surface area is 92.2 Å². The van der Waals surface area contributed by atoms with Gasteiger partial charge < -0.3 is 5.32 Å². The van der Waals surface area contributed by atoms with E-state index in [1.807, 2.05) is 0 Å². The second-order valence-corrected chi connectivity index (χ2v) is 4.26. The lowest BCUT2D eigenvalue weighted by atomic mass is 9.96. The maximum Gasteiger partial charge on any atom is -0.00175 e. The maximum atomic E-state index is 3.45. The first kappa shape index (κ1) is 10.4. The minimum absolute atomic E-state index is 0.846. The standard InChI is InChI=1S/C14H19N/c1-2-6-13(7-3-1)8-4-9-14-10-5-11-15-12-14/h1-4,6-8,14-15H,5,9-12H2/b8-4+. The normalized spacial score (nSPS) is 22.0. The summed E-state index contributed by atoms with van der Waals surface area (Å²) in [5.74, 6) is 0.846. The Morgan fingerprint density at radius 1 is 1.27 bits per heavy atom. The van der Waals surface area contributed by atoms with Crippen LogP contribution in [-0.4, -0.2) is 13.1 Å². The van der Waals surface area contributed by atoms with E-state index in [1.165, 1.54) is 37.9 Å². The van der Waals surface area contributed by atoms with Gasteiger partial charge in [0, 0.05) is 0 Å². The summed E-state index contributed by atoms with van der Waals surface area (Å²) in [5.41, 5.74) is 1.31. The molecule has 15 heavy (non-hydrogen) atoms. The van der Waals surface area contributed by atoms with Crippen molar-refractivity contribution in [3.8, 4) is 0 Å². The lowest BCUT2D eigenvalue weighted by Crippen LogP contribution is -2.29. The van der Waals surface area contributed by atoms with Gasteiger partial charge in [-0.1, -0.05) is 42.5 Å². The molecule has 0 amide bonds. The molecule has 1 aromatic carbocycles. The maximum absolute atomic E-state index is 3.45. The number of benzene rings is 1. The van der Waals surface area contributed by atoms with Crippen LogP contribution in [0.15, 0.2) is 36.4 Å². The van der Waals surface area contributed by atoms with Gasteiger partial charge in [0.05, 0.1) is 0 Å². The molecular weight excluding hydrogens is 182 g/mol. The summed E-state index contributed by atoms with van der Waals surface area (Å²) in [6.45, 7) is 2.40. The first-order valence-electron chi connectivity index (χ1n) is 5.87. The summed E-state index contributed by atoms with van der Waals surface area (Å²) in [7, 11) is 0. The number of hydrogen-bond acceptors (Lipinski definition) is 1. The second-order valence-electron chi connectivity index (χ2n) is 4.26. The van der Waals surface area contributed by atoms with Crippen molar-refractivity contribution in [2.24, 2.45) is 5.92 Å². The van der Waals surface area contributed by atoms with Crippen LogP contribution < -0.4 is 5.32 Å². The largest absolute Gasteiger partial charge is 0.316 e. The summed E-state index contributed by atoms with van der Waals surface area (Å²) in [6, 6.07) is 10.5. The van der Waals surface area contributed by atoms with E-state index in [0.717, 1.165) is 5.92 Å². The first-order valence-corrected chi connectivity index (χ1v) is 5.87. The van der Waals surface area contributed by atoms with Gasteiger partial charge in [-0.15, -0.1) is 0 Å². The van der Waals surface area contributed by atoms with Gasteiger partial charge in [-0.25, -0.2) is 0 Å². The highest BCUT2D eigenvalue weighted by Gasteiger charge is 2.10. The van der Waals surface area contributed by atoms with Gasteiger partial charge in [0.2, 0.25) is 0 Å². The molecule has 1 aromatic rings. The van der Waals surface area contributed by atoms with Crippen LogP contribution in [0.5, 0.6) is 0 Å². The van der Waals surface area contributed by atoms with E-state index in [1.54, 1.807) is 0 Å². The topological polar surface area (TPSA) is 12.0 Å². The van der Waals surface area contributed by atoms with Gasteiger partial charge in [0.25, 0.3) is 0 Å². The third-order valence-corrected chi connectivity index (χ3v) is 2.98. The Morgan fingerprint density at radius 2 is 2.13 bits per heavy atom. The van der Waals surface area contributed by atoms with Gasteiger partial charge in [0.1, 0.15) is 0 Å². The van der Waals surface area contributed by atoms with Gasteiger partial charge in [-0.2, -0.15) is 0 Å². The van der Waals surface area contributed by atoms with Crippen molar-refractivity contribution in [3.05, 3.63) is 42.0 Å². The Kier molecular flexibility index (Phi) is 3.98. The molecule has 80 valence electrons. The highest BCUT2D eigenvalue weighted by atomic mass is 14.9. The number of hydrogen-bond donors (Lipinski definition) is 1. The zero-order valence-electron chi connectivity index (χ0n) is 9.15. The fourth-order valence-electron chi connectivity index (χ4n) is 2.09. The van der Waals surface area contributed by atoms with E-state index in [0.29, 0.717) is 0 Å². The quantitative estimate of drug-likeness (QED) is 0.792. The molecule has 1 unspecified atom stereocenters. The highest BCUT2D eigenvalue weighted by Crippen LogP contribution is 2.15. The molecule has 1 fully saturated rings. The molecule has 1 heterocycles. The summed E-state index contributed by atoms with van der Waals surface area (Å²) < 4.78 is 0. The van der Waals surface area contributed by atoms with Gasteiger partial charge >= 0.3 is 0 Å². The number of piperidine rings is 1. The second kappa shape index (κ2) is 5.72. The molecule has 1 heteroatoms. The smallest absolute Gasteiger partial charge is 0.00175 e.